The third-order valence-electron chi connectivity index (χ3n) is 4.71. The van der Waals surface area contributed by atoms with Crippen molar-refractivity contribution < 1.29 is 19.1 Å². The minimum absolute atomic E-state index is 0.101. The number of ether oxygens (including phenoxy) is 1. The SMILES string of the molecule is CCCOc1ccc(/C=C/C(=O)N2CCC3(CC2)NC(=O)NC3=O)cc1. The number of nitrogens with zero attached hydrogens (tertiary/aromatic N) is 1. The second kappa shape index (κ2) is 7.59. The number of hydrogen-bond acceptors (Lipinski definition) is 4. The number of carbonyl (C=O) groups excluding carboxylic acids is 3. The first-order valence-electron chi connectivity index (χ1n) is 8.86. The zero-order valence-corrected chi connectivity index (χ0v) is 14.8. The summed E-state index contributed by atoms with van der Waals surface area (Å²) >= 11 is 0. The third kappa shape index (κ3) is 3.87. The fourth-order valence-electron chi connectivity index (χ4n) is 3.16. The van der Waals surface area contributed by atoms with Crippen LogP contribution in [-0.4, -0.2) is 48.0 Å². The Morgan fingerprint density at radius 1 is 1.23 bits per heavy atom. The van der Waals surface area contributed by atoms with Crippen LogP contribution in [0, 0.1) is 0 Å². The Morgan fingerprint density at radius 2 is 1.92 bits per heavy atom. The molecule has 0 aliphatic carbocycles. The lowest BCUT2D eigenvalue weighted by Crippen LogP contribution is -2.55. The molecule has 138 valence electrons. The second-order valence-electron chi connectivity index (χ2n) is 6.57. The van der Waals surface area contributed by atoms with Gasteiger partial charge in [-0.3, -0.25) is 14.9 Å². The van der Waals surface area contributed by atoms with Crippen LogP contribution in [0.15, 0.2) is 30.3 Å². The van der Waals surface area contributed by atoms with Gasteiger partial charge in [-0.05, 0) is 43.0 Å². The summed E-state index contributed by atoms with van der Waals surface area (Å²) in [6.07, 6.45) is 5.10. The van der Waals surface area contributed by atoms with Crippen molar-refractivity contribution in [2.75, 3.05) is 19.7 Å². The number of imide groups is 1. The van der Waals surface area contributed by atoms with Crippen molar-refractivity contribution in [3.63, 3.8) is 0 Å². The fraction of sp³-hybridized carbons (Fsp3) is 0.421. The van der Waals surface area contributed by atoms with Gasteiger partial charge in [0.2, 0.25) is 5.91 Å². The molecule has 2 aliphatic heterocycles. The first kappa shape index (κ1) is 18.0. The molecule has 2 aliphatic rings. The average molecular weight is 357 g/mol. The lowest BCUT2D eigenvalue weighted by Gasteiger charge is -2.36. The van der Waals surface area contributed by atoms with Crippen LogP contribution in [-0.2, 0) is 9.59 Å². The molecule has 7 heteroatoms. The molecule has 0 bridgehead atoms. The van der Waals surface area contributed by atoms with Gasteiger partial charge in [0.1, 0.15) is 11.3 Å². The minimum atomic E-state index is -0.855. The quantitative estimate of drug-likeness (QED) is 0.620. The van der Waals surface area contributed by atoms with Crippen LogP contribution in [0.3, 0.4) is 0 Å². The van der Waals surface area contributed by atoms with E-state index < -0.39 is 11.6 Å². The Hall–Kier alpha value is -2.83. The van der Waals surface area contributed by atoms with E-state index in [2.05, 4.69) is 17.6 Å². The lowest BCUT2D eigenvalue weighted by molar-refractivity contribution is -0.132. The Bertz CT molecular complexity index is 719. The zero-order valence-electron chi connectivity index (χ0n) is 14.8. The third-order valence-corrected chi connectivity index (χ3v) is 4.71. The van der Waals surface area contributed by atoms with Crippen LogP contribution in [0.1, 0.15) is 31.7 Å². The molecule has 26 heavy (non-hydrogen) atoms. The molecule has 4 amide bonds. The molecule has 1 spiro atoms. The number of likely N-dealkylation sites (tertiary alicyclic amines) is 1. The van der Waals surface area contributed by atoms with E-state index in [9.17, 15) is 14.4 Å². The number of hydrogen-bond donors (Lipinski definition) is 2. The summed E-state index contributed by atoms with van der Waals surface area (Å²) in [6, 6.07) is 7.11. The molecular weight excluding hydrogens is 334 g/mol. The van der Waals surface area contributed by atoms with Gasteiger partial charge in [0.25, 0.3) is 5.91 Å². The predicted molar refractivity (Wildman–Crippen MR) is 96.5 cm³/mol. The molecule has 7 nitrogen and oxygen atoms in total. The molecule has 1 aromatic carbocycles. The first-order chi connectivity index (χ1) is 12.5. The first-order valence-corrected chi connectivity index (χ1v) is 8.86. The summed E-state index contributed by atoms with van der Waals surface area (Å²) in [7, 11) is 0. The molecule has 0 radical (unpaired) electrons. The van der Waals surface area contributed by atoms with Crippen molar-refractivity contribution in [2.24, 2.45) is 0 Å². The molecule has 0 saturated carbocycles. The fourth-order valence-corrected chi connectivity index (χ4v) is 3.16. The number of piperidine rings is 1. The van der Waals surface area contributed by atoms with E-state index in [1.54, 1.807) is 11.0 Å². The Kier molecular flexibility index (Phi) is 5.25. The van der Waals surface area contributed by atoms with E-state index in [4.69, 9.17) is 4.74 Å². The van der Waals surface area contributed by atoms with Gasteiger partial charge in [-0.15, -0.1) is 0 Å². The molecular formula is C19H23N3O4. The molecule has 0 atom stereocenters. The zero-order chi connectivity index (χ0) is 18.6. The second-order valence-corrected chi connectivity index (χ2v) is 6.57. The molecule has 2 heterocycles. The molecule has 3 rings (SSSR count). The smallest absolute Gasteiger partial charge is 0.322 e. The van der Waals surface area contributed by atoms with E-state index in [1.165, 1.54) is 6.08 Å². The minimum Gasteiger partial charge on any atom is -0.494 e. The maximum absolute atomic E-state index is 12.4. The van der Waals surface area contributed by atoms with Gasteiger partial charge in [-0.1, -0.05) is 19.1 Å². The van der Waals surface area contributed by atoms with E-state index in [1.807, 2.05) is 24.3 Å². The van der Waals surface area contributed by atoms with Crippen LogP contribution in [0.5, 0.6) is 5.75 Å². The van der Waals surface area contributed by atoms with E-state index >= 15 is 0 Å². The lowest BCUT2D eigenvalue weighted by atomic mass is 9.87. The van der Waals surface area contributed by atoms with E-state index in [0.29, 0.717) is 32.5 Å². The number of nitrogens with one attached hydrogen (secondary N) is 2. The Balaban J connectivity index is 1.53. The maximum atomic E-state index is 12.4. The number of carbonyl (C=O) groups is 3. The number of urea groups is 1. The summed E-state index contributed by atoms with van der Waals surface area (Å²) in [5, 5.41) is 4.96. The summed E-state index contributed by atoms with van der Waals surface area (Å²) in [4.78, 5) is 37.3. The number of amides is 4. The van der Waals surface area contributed by atoms with Gasteiger partial charge in [-0.25, -0.2) is 4.79 Å². The van der Waals surface area contributed by atoms with Crippen LogP contribution < -0.4 is 15.4 Å². The number of rotatable bonds is 5. The largest absolute Gasteiger partial charge is 0.494 e. The highest BCUT2D eigenvalue weighted by atomic mass is 16.5. The van der Waals surface area contributed by atoms with Gasteiger partial charge in [0.15, 0.2) is 0 Å². The van der Waals surface area contributed by atoms with Crippen molar-refractivity contribution in [1.82, 2.24) is 15.5 Å². The highest BCUT2D eigenvalue weighted by Gasteiger charge is 2.48. The molecule has 2 saturated heterocycles. The van der Waals surface area contributed by atoms with Gasteiger partial charge >= 0.3 is 6.03 Å². The standard InChI is InChI=1S/C19H23N3O4/c1-2-13-26-15-6-3-14(4-7-15)5-8-16(23)22-11-9-19(10-12-22)17(24)20-18(25)21-19/h3-8H,2,9-13H2,1H3,(H2,20,21,24,25)/b8-5+. The normalized spacial score (nSPS) is 18.9. The van der Waals surface area contributed by atoms with Gasteiger partial charge in [0, 0.05) is 19.2 Å². The van der Waals surface area contributed by atoms with E-state index in [-0.39, 0.29) is 11.8 Å². The Labute approximate surface area is 152 Å². The predicted octanol–water partition coefficient (Wildman–Crippen LogP) is 1.69. The van der Waals surface area contributed by atoms with Gasteiger partial charge in [-0.2, -0.15) is 0 Å². The van der Waals surface area contributed by atoms with Crippen molar-refractivity contribution in [2.45, 2.75) is 31.7 Å². The molecule has 2 fully saturated rings. The Morgan fingerprint density at radius 3 is 2.50 bits per heavy atom. The average Bonchev–Trinajstić information content (AvgIpc) is 2.92. The van der Waals surface area contributed by atoms with Crippen molar-refractivity contribution in [3.05, 3.63) is 35.9 Å². The van der Waals surface area contributed by atoms with Crippen LogP contribution >= 0.6 is 0 Å². The topological polar surface area (TPSA) is 87.7 Å². The van der Waals surface area contributed by atoms with Crippen molar-refractivity contribution in [3.8, 4) is 5.75 Å². The molecule has 0 unspecified atom stereocenters. The number of benzene rings is 1. The van der Waals surface area contributed by atoms with Crippen molar-refractivity contribution in [1.29, 1.82) is 0 Å². The van der Waals surface area contributed by atoms with Crippen LogP contribution in [0.25, 0.3) is 6.08 Å². The van der Waals surface area contributed by atoms with Gasteiger partial charge < -0.3 is 15.0 Å². The monoisotopic (exact) mass is 357 g/mol. The van der Waals surface area contributed by atoms with E-state index in [0.717, 1.165) is 17.7 Å². The molecule has 0 aromatic heterocycles. The highest BCUT2D eigenvalue weighted by Crippen LogP contribution is 2.25. The summed E-state index contributed by atoms with van der Waals surface area (Å²) in [5.41, 5.74) is 0.0597. The van der Waals surface area contributed by atoms with Gasteiger partial charge in [0.05, 0.1) is 6.61 Å². The molecule has 1 aromatic rings. The van der Waals surface area contributed by atoms with Crippen molar-refractivity contribution >= 4 is 23.9 Å². The molecule has 2 N–H and O–H groups in total. The summed E-state index contributed by atoms with van der Waals surface area (Å²) in [5.74, 6) is 0.417. The maximum Gasteiger partial charge on any atom is 0.322 e. The van der Waals surface area contributed by atoms with Crippen LogP contribution in [0.2, 0.25) is 0 Å². The summed E-state index contributed by atoms with van der Waals surface area (Å²) < 4.78 is 5.53. The van der Waals surface area contributed by atoms with Crippen LogP contribution in [0.4, 0.5) is 4.79 Å². The highest BCUT2D eigenvalue weighted by molar-refractivity contribution is 6.07. The summed E-state index contributed by atoms with van der Waals surface area (Å²) in [6.45, 7) is 3.60.